The number of amides is 2. The van der Waals surface area contributed by atoms with Crippen LogP contribution in [0.15, 0.2) is 83.8 Å². The molecule has 1 N–H and O–H groups in total. The number of nitro benzene ring substituents is 1. The number of sulfonamides is 1. The van der Waals surface area contributed by atoms with Gasteiger partial charge in [0.15, 0.2) is 0 Å². The minimum absolute atomic E-state index is 0.0273. The van der Waals surface area contributed by atoms with Gasteiger partial charge in [-0.25, -0.2) is 8.42 Å². The molecule has 3 aromatic carbocycles. The lowest BCUT2D eigenvalue weighted by Crippen LogP contribution is -2.53. The zero-order chi connectivity index (χ0) is 29.4. The van der Waals surface area contributed by atoms with Crippen LogP contribution in [0, 0.1) is 10.1 Å². The van der Waals surface area contributed by atoms with Gasteiger partial charge in [0, 0.05) is 29.7 Å². The van der Waals surface area contributed by atoms with E-state index >= 15 is 0 Å². The van der Waals surface area contributed by atoms with Crippen molar-refractivity contribution in [3.63, 3.8) is 0 Å². The van der Waals surface area contributed by atoms with Gasteiger partial charge in [-0.1, -0.05) is 48.9 Å². The van der Waals surface area contributed by atoms with Crippen LogP contribution in [0.4, 0.5) is 11.4 Å². The zero-order valence-corrected chi connectivity index (χ0v) is 23.9. The van der Waals surface area contributed by atoms with Crippen LogP contribution < -0.4 is 9.62 Å². The van der Waals surface area contributed by atoms with E-state index in [1.54, 1.807) is 63.2 Å². The molecule has 0 aromatic heterocycles. The van der Waals surface area contributed by atoms with E-state index in [0.717, 1.165) is 4.31 Å². The number of non-ortho nitro benzene ring substituents is 1. The van der Waals surface area contributed by atoms with E-state index in [1.807, 2.05) is 0 Å². The van der Waals surface area contributed by atoms with E-state index in [-0.39, 0.29) is 41.2 Å². The number of hydrogen-bond acceptors (Lipinski definition) is 6. The van der Waals surface area contributed by atoms with E-state index in [1.165, 1.54) is 41.3 Å². The maximum atomic E-state index is 13.9. The van der Waals surface area contributed by atoms with Crippen molar-refractivity contribution in [2.24, 2.45) is 0 Å². The first-order valence-corrected chi connectivity index (χ1v) is 14.4. The molecule has 0 heterocycles. The number of anilines is 1. The summed E-state index contributed by atoms with van der Waals surface area (Å²) < 4.78 is 28.4. The predicted octanol–water partition coefficient (Wildman–Crippen LogP) is 4.78. The predicted molar refractivity (Wildman–Crippen MR) is 153 cm³/mol. The van der Waals surface area contributed by atoms with Gasteiger partial charge in [0.05, 0.1) is 15.5 Å². The van der Waals surface area contributed by atoms with Crippen LogP contribution in [0.25, 0.3) is 0 Å². The number of benzene rings is 3. The molecule has 0 saturated heterocycles. The molecular formula is C28H31ClN4O6S. The summed E-state index contributed by atoms with van der Waals surface area (Å²) in [6.45, 7) is 4.76. The SMILES string of the molecule is CC[C@H](C(=O)NC(C)C)N(Cc1ccc(Cl)cc1)C(=O)CN(c1ccc([N+](=O)[O-])cc1)S(=O)(=O)c1ccccc1. The number of hydrogen-bond donors (Lipinski definition) is 1. The maximum Gasteiger partial charge on any atom is 0.269 e. The van der Waals surface area contributed by atoms with Crippen LogP contribution >= 0.6 is 11.6 Å². The summed E-state index contributed by atoms with van der Waals surface area (Å²) in [5.41, 5.74) is 0.531. The Kier molecular flexibility index (Phi) is 10.2. The standard InChI is InChI=1S/C28H31ClN4O6S/c1-4-26(28(35)30-20(2)3)31(18-21-10-12-22(29)13-11-21)27(34)19-32(23-14-16-24(17-15-23)33(36)37)40(38,39)25-8-6-5-7-9-25/h5-17,20,26H,4,18-19H2,1-3H3,(H,30,35)/t26-/m1/s1. The number of carbonyl (C=O) groups is 2. The maximum absolute atomic E-state index is 13.9. The minimum Gasteiger partial charge on any atom is -0.352 e. The molecule has 0 aliphatic carbocycles. The molecule has 12 heteroatoms. The topological polar surface area (TPSA) is 130 Å². The second-order valence-corrected chi connectivity index (χ2v) is 11.6. The van der Waals surface area contributed by atoms with Crippen LogP contribution in [0.3, 0.4) is 0 Å². The monoisotopic (exact) mass is 586 g/mol. The van der Waals surface area contributed by atoms with Crippen LogP contribution in [0.2, 0.25) is 5.02 Å². The van der Waals surface area contributed by atoms with Crippen LogP contribution in [0.1, 0.15) is 32.8 Å². The van der Waals surface area contributed by atoms with Gasteiger partial charge < -0.3 is 10.2 Å². The van der Waals surface area contributed by atoms with Crippen molar-refractivity contribution in [1.82, 2.24) is 10.2 Å². The number of nitro groups is 1. The summed E-state index contributed by atoms with van der Waals surface area (Å²) >= 11 is 6.02. The number of nitrogens with one attached hydrogen (secondary N) is 1. The molecule has 0 fully saturated rings. The third kappa shape index (κ3) is 7.57. The first kappa shape index (κ1) is 30.6. The summed E-state index contributed by atoms with van der Waals surface area (Å²) in [5.74, 6) is -0.994. The van der Waals surface area contributed by atoms with Crippen molar-refractivity contribution in [3.8, 4) is 0 Å². The summed E-state index contributed by atoms with van der Waals surface area (Å²) in [4.78, 5) is 38.9. The molecule has 3 rings (SSSR count). The average molecular weight is 587 g/mol. The third-order valence-corrected chi connectivity index (χ3v) is 8.08. The molecule has 0 bridgehead atoms. The van der Waals surface area contributed by atoms with Gasteiger partial charge in [-0.3, -0.25) is 24.0 Å². The van der Waals surface area contributed by atoms with Gasteiger partial charge >= 0.3 is 0 Å². The van der Waals surface area contributed by atoms with Crippen molar-refractivity contribution in [3.05, 3.63) is 99.6 Å². The molecule has 0 spiro atoms. The Balaban J connectivity index is 2.06. The highest BCUT2D eigenvalue weighted by Gasteiger charge is 2.34. The molecule has 3 aromatic rings. The lowest BCUT2D eigenvalue weighted by Gasteiger charge is -2.33. The second-order valence-electron chi connectivity index (χ2n) is 9.33. The molecule has 0 saturated carbocycles. The fraction of sp³-hybridized carbons (Fsp3) is 0.286. The molecule has 0 aliphatic rings. The van der Waals surface area contributed by atoms with Gasteiger partial charge in [-0.2, -0.15) is 0 Å². The first-order chi connectivity index (χ1) is 18.9. The Labute approximate surface area is 238 Å². The third-order valence-electron chi connectivity index (χ3n) is 6.04. The Morgan fingerprint density at radius 2 is 1.57 bits per heavy atom. The van der Waals surface area contributed by atoms with Gasteiger partial charge in [0.1, 0.15) is 12.6 Å². The van der Waals surface area contributed by atoms with Crippen molar-refractivity contribution in [2.45, 2.75) is 50.7 Å². The van der Waals surface area contributed by atoms with Gasteiger partial charge in [-0.15, -0.1) is 0 Å². The Morgan fingerprint density at radius 3 is 2.10 bits per heavy atom. The van der Waals surface area contributed by atoms with Gasteiger partial charge in [0.2, 0.25) is 11.8 Å². The summed E-state index contributed by atoms with van der Waals surface area (Å²) in [5, 5.41) is 14.5. The van der Waals surface area contributed by atoms with Crippen LogP contribution in [0.5, 0.6) is 0 Å². The number of halogens is 1. The second kappa shape index (κ2) is 13.4. The highest BCUT2D eigenvalue weighted by molar-refractivity contribution is 7.92. The molecule has 0 aliphatic heterocycles. The Hall–Kier alpha value is -3.96. The van der Waals surface area contributed by atoms with Crippen LogP contribution in [-0.2, 0) is 26.2 Å². The highest BCUT2D eigenvalue weighted by Crippen LogP contribution is 2.27. The normalized spacial score (nSPS) is 12.0. The lowest BCUT2D eigenvalue weighted by atomic mass is 10.1. The quantitative estimate of drug-likeness (QED) is 0.240. The molecule has 212 valence electrons. The van der Waals surface area contributed by atoms with E-state index in [2.05, 4.69) is 5.32 Å². The number of carbonyl (C=O) groups excluding carboxylic acids is 2. The van der Waals surface area contributed by atoms with E-state index < -0.39 is 33.4 Å². The number of rotatable bonds is 12. The molecule has 1 atom stereocenters. The molecule has 2 amide bonds. The Morgan fingerprint density at radius 1 is 0.975 bits per heavy atom. The van der Waals surface area contributed by atoms with Gasteiger partial charge in [-0.05, 0) is 62.2 Å². The zero-order valence-electron chi connectivity index (χ0n) is 22.4. The summed E-state index contributed by atoms with van der Waals surface area (Å²) in [6, 6.07) is 18.2. The van der Waals surface area contributed by atoms with Crippen molar-refractivity contribution in [2.75, 3.05) is 10.8 Å². The molecule has 10 nitrogen and oxygen atoms in total. The van der Waals surface area contributed by atoms with E-state index in [0.29, 0.717) is 10.6 Å². The van der Waals surface area contributed by atoms with Crippen molar-refractivity contribution >= 4 is 44.8 Å². The smallest absolute Gasteiger partial charge is 0.269 e. The molecule has 0 radical (unpaired) electrons. The fourth-order valence-corrected chi connectivity index (χ4v) is 5.64. The molecule has 0 unspecified atom stereocenters. The minimum atomic E-state index is -4.27. The van der Waals surface area contributed by atoms with Crippen molar-refractivity contribution < 1.29 is 22.9 Å². The van der Waals surface area contributed by atoms with Gasteiger partial charge in [0.25, 0.3) is 15.7 Å². The summed E-state index contributed by atoms with van der Waals surface area (Å²) in [7, 11) is -4.27. The molecule has 40 heavy (non-hydrogen) atoms. The average Bonchev–Trinajstić information content (AvgIpc) is 2.92. The number of nitrogens with zero attached hydrogens (tertiary/aromatic N) is 3. The first-order valence-electron chi connectivity index (χ1n) is 12.6. The lowest BCUT2D eigenvalue weighted by molar-refractivity contribution is -0.384. The fourth-order valence-electron chi connectivity index (χ4n) is 4.08. The molecular weight excluding hydrogens is 556 g/mol. The largest absolute Gasteiger partial charge is 0.352 e. The van der Waals surface area contributed by atoms with E-state index in [9.17, 15) is 28.1 Å². The highest BCUT2D eigenvalue weighted by atomic mass is 35.5. The van der Waals surface area contributed by atoms with E-state index in [4.69, 9.17) is 11.6 Å². The Bertz CT molecular complexity index is 1430. The summed E-state index contributed by atoms with van der Waals surface area (Å²) in [6.07, 6.45) is 0.279. The van der Waals surface area contributed by atoms with Crippen molar-refractivity contribution in [1.29, 1.82) is 0 Å². The van der Waals surface area contributed by atoms with Crippen LogP contribution in [-0.4, -0.2) is 48.7 Å².